The summed E-state index contributed by atoms with van der Waals surface area (Å²) < 4.78 is 25.2. The van der Waals surface area contributed by atoms with E-state index in [0.29, 0.717) is 11.3 Å². The van der Waals surface area contributed by atoms with Crippen molar-refractivity contribution in [2.45, 2.75) is 20.1 Å². The predicted molar refractivity (Wildman–Crippen MR) is 109 cm³/mol. The maximum absolute atomic E-state index is 14.2. The second-order valence-corrected chi connectivity index (χ2v) is 8.31. The lowest BCUT2D eigenvalue weighted by Crippen LogP contribution is -2.13. The summed E-state index contributed by atoms with van der Waals surface area (Å²) in [5.41, 5.74) is -0.0510. The molecule has 7 heteroatoms. The van der Waals surface area contributed by atoms with Crippen LogP contribution in [0.2, 0.25) is 0 Å². The first kappa shape index (κ1) is 21.2. The van der Waals surface area contributed by atoms with Crippen LogP contribution in [0.1, 0.15) is 25.6 Å². The van der Waals surface area contributed by atoms with Gasteiger partial charge in [-0.05, 0) is 47.7 Å². The van der Waals surface area contributed by atoms with Crippen molar-refractivity contribution < 1.29 is 18.7 Å². The number of ether oxygens (including phenoxy) is 2. The van der Waals surface area contributed by atoms with E-state index in [-0.39, 0.29) is 21.6 Å². The van der Waals surface area contributed by atoms with Crippen molar-refractivity contribution in [1.29, 1.82) is 0 Å². The number of hydrogen-bond acceptors (Lipinski definition) is 3. The zero-order valence-corrected chi connectivity index (χ0v) is 17.2. The second-order valence-electron chi connectivity index (χ2n) is 7.30. The molecule has 0 radical (unpaired) electrons. The number of benzene rings is 2. The van der Waals surface area contributed by atoms with E-state index in [4.69, 9.17) is 39.2 Å². The average Bonchev–Trinajstić information content (AvgIpc) is 3.21. The summed E-state index contributed by atoms with van der Waals surface area (Å²) >= 11 is 11.4. The van der Waals surface area contributed by atoms with Crippen molar-refractivity contribution in [2.75, 3.05) is 0 Å². The van der Waals surface area contributed by atoms with Gasteiger partial charge in [0.1, 0.15) is 10.2 Å². The summed E-state index contributed by atoms with van der Waals surface area (Å²) in [6, 6.07) is 12.6. The van der Waals surface area contributed by atoms with E-state index in [1.165, 1.54) is 18.2 Å². The van der Waals surface area contributed by atoms with Crippen molar-refractivity contribution in [3.05, 3.63) is 81.9 Å². The molecule has 3 unspecified atom stereocenters. The third kappa shape index (κ3) is 4.72. The summed E-state index contributed by atoms with van der Waals surface area (Å²) in [4.78, 5) is 16.0. The molecule has 0 N–H and O–H groups in total. The van der Waals surface area contributed by atoms with Gasteiger partial charge in [0, 0.05) is 0 Å². The number of hydrogen-bond donors (Lipinski definition) is 0. The second kappa shape index (κ2) is 8.44. The molecule has 0 spiro atoms. The van der Waals surface area contributed by atoms with Crippen LogP contribution in [0.15, 0.2) is 59.1 Å². The maximum atomic E-state index is 14.2. The number of carbonyl (C=O) groups is 1. The quantitative estimate of drug-likeness (QED) is 0.377. The van der Waals surface area contributed by atoms with Crippen molar-refractivity contribution >= 4 is 29.2 Å². The van der Waals surface area contributed by atoms with Gasteiger partial charge >= 0.3 is 12.2 Å². The topological polar surface area (TPSA) is 39.9 Å². The van der Waals surface area contributed by atoms with E-state index in [9.17, 15) is 9.18 Å². The van der Waals surface area contributed by atoms with Gasteiger partial charge in [-0.25, -0.2) is 11.0 Å². The Morgan fingerprint density at radius 3 is 2.55 bits per heavy atom. The molecular formula is C22H18Cl2FNO3. The fraction of sp³-hybridized carbons (Fsp3) is 0.273. The number of carbonyl (C=O) groups excluding carboxylic acids is 1. The number of nitrogens with zero attached hydrogens (tertiary/aromatic N) is 1. The van der Waals surface area contributed by atoms with E-state index < -0.39 is 23.9 Å². The van der Waals surface area contributed by atoms with Crippen LogP contribution >= 0.6 is 23.2 Å². The van der Waals surface area contributed by atoms with Crippen LogP contribution in [0.25, 0.3) is 4.85 Å². The molecule has 1 saturated carbocycles. The first-order chi connectivity index (χ1) is 13.7. The maximum Gasteiger partial charge on any atom is 0.395 e. The lowest BCUT2D eigenvalue weighted by molar-refractivity contribution is -0.150. The SMILES string of the molecule is [C-]#[N+]C(OC(=O)C1C(C=C(Cl)Cl)C1(C)C)c1ccc(F)c(Oc2ccccc2)c1. The molecular weight excluding hydrogens is 416 g/mol. The van der Waals surface area contributed by atoms with Crippen molar-refractivity contribution in [2.24, 2.45) is 17.3 Å². The summed E-state index contributed by atoms with van der Waals surface area (Å²) in [6.07, 6.45) is 0.389. The van der Waals surface area contributed by atoms with Gasteiger partial charge in [-0.15, -0.1) is 0 Å². The number of esters is 1. The Morgan fingerprint density at radius 1 is 1.24 bits per heavy atom. The Labute approximate surface area is 178 Å². The third-order valence-corrected chi connectivity index (χ3v) is 5.28. The van der Waals surface area contributed by atoms with Crippen LogP contribution in [0.4, 0.5) is 4.39 Å². The Morgan fingerprint density at radius 2 is 1.93 bits per heavy atom. The fourth-order valence-electron chi connectivity index (χ4n) is 3.29. The highest BCUT2D eigenvalue weighted by molar-refractivity contribution is 6.55. The Bertz CT molecular complexity index is 981. The largest absolute Gasteiger partial charge is 0.454 e. The zero-order valence-electron chi connectivity index (χ0n) is 15.7. The van der Waals surface area contributed by atoms with Crippen molar-refractivity contribution in [3.63, 3.8) is 0 Å². The molecule has 3 rings (SSSR count). The standard InChI is InChI=1S/C22H18Cl2FNO3/c1-22(2)15(12-18(23)24)19(22)21(27)29-20(26-3)13-9-10-16(25)17(11-13)28-14-7-5-4-6-8-14/h4-12,15,19-20H,1-2H3. The average molecular weight is 434 g/mol. The van der Waals surface area contributed by atoms with Crippen LogP contribution in [-0.4, -0.2) is 5.97 Å². The van der Waals surface area contributed by atoms with Gasteiger partial charge in [0.15, 0.2) is 11.6 Å². The number of rotatable bonds is 6. The molecule has 0 bridgehead atoms. The lowest BCUT2D eigenvalue weighted by Gasteiger charge is -2.11. The number of para-hydroxylation sites is 1. The zero-order chi connectivity index (χ0) is 21.2. The van der Waals surface area contributed by atoms with Gasteiger partial charge < -0.3 is 9.47 Å². The minimum atomic E-state index is -1.21. The molecule has 1 aliphatic carbocycles. The van der Waals surface area contributed by atoms with E-state index >= 15 is 0 Å². The normalized spacial score (nSPS) is 20.1. The van der Waals surface area contributed by atoms with Crippen LogP contribution in [0, 0.1) is 29.6 Å². The first-order valence-electron chi connectivity index (χ1n) is 8.86. The van der Waals surface area contributed by atoms with Gasteiger partial charge in [-0.3, -0.25) is 9.64 Å². The summed E-state index contributed by atoms with van der Waals surface area (Å²) in [5.74, 6) is -1.34. The molecule has 0 aliphatic heterocycles. The lowest BCUT2D eigenvalue weighted by atomic mass is 10.1. The molecule has 0 amide bonds. The molecule has 3 atom stereocenters. The van der Waals surface area contributed by atoms with Gasteiger partial charge in [-0.1, -0.05) is 55.2 Å². The monoisotopic (exact) mass is 433 g/mol. The summed E-state index contributed by atoms with van der Waals surface area (Å²) in [7, 11) is 0. The fourth-order valence-corrected chi connectivity index (χ4v) is 3.57. The highest BCUT2D eigenvalue weighted by Crippen LogP contribution is 2.60. The first-order valence-corrected chi connectivity index (χ1v) is 9.62. The van der Waals surface area contributed by atoms with Crippen LogP contribution < -0.4 is 4.74 Å². The summed E-state index contributed by atoms with van der Waals surface area (Å²) in [6.45, 7) is 11.2. The Balaban J connectivity index is 1.77. The highest BCUT2D eigenvalue weighted by Gasteiger charge is 2.62. The van der Waals surface area contributed by atoms with Gasteiger partial charge in [0.05, 0.1) is 11.5 Å². The van der Waals surface area contributed by atoms with Crippen molar-refractivity contribution in [3.8, 4) is 11.5 Å². The van der Waals surface area contributed by atoms with Crippen LogP contribution in [-0.2, 0) is 9.53 Å². The minimum Gasteiger partial charge on any atom is -0.454 e. The number of halogens is 3. The molecule has 0 heterocycles. The molecule has 29 heavy (non-hydrogen) atoms. The highest BCUT2D eigenvalue weighted by atomic mass is 35.5. The van der Waals surface area contributed by atoms with E-state index in [0.717, 1.165) is 0 Å². The minimum absolute atomic E-state index is 0.0557. The molecule has 150 valence electrons. The van der Waals surface area contributed by atoms with Gasteiger partial charge in [0.2, 0.25) is 0 Å². The van der Waals surface area contributed by atoms with E-state index in [2.05, 4.69) is 4.85 Å². The molecule has 4 nitrogen and oxygen atoms in total. The van der Waals surface area contributed by atoms with E-state index in [1.54, 1.807) is 30.3 Å². The molecule has 0 saturated heterocycles. The van der Waals surface area contributed by atoms with Crippen LogP contribution in [0.5, 0.6) is 11.5 Å². The van der Waals surface area contributed by atoms with E-state index in [1.807, 2.05) is 19.9 Å². The molecule has 2 aromatic carbocycles. The Hall–Kier alpha value is -2.55. The van der Waals surface area contributed by atoms with Crippen molar-refractivity contribution in [1.82, 2.24) is 0 Å². The third-order valence-electron chi connectivity index (χ3n) is 5.03. The Kier molecular flexibility index (Phi) is 6.16. The molecule has 1 aliphatic rings. The molecule has 2 aromatic rings. The van der Waals surface area contributed by atoms with Crippen LogP contribution in [0.3, 0.4) is 0 Å². The summed E-state index contributed by atoms with van der Waals surface area (Å²) in [5, 5.41) is 0. The molecule has 1 fully saturated rings. The number of allylic oxidation sites excluding steroid dienone is 1. The molecule has 0 aromatic heterocycles. The predicted octanol–water partition coefficient (Wildman–Crippen LogP) is 6.67. The van der Waals surface area contributed by atoms with Gasteiger partial charge in [-0.2, -0.15) is 0 Å². The van der Waals surface area contributed by atoms with Gasteiger partial charge in [0.25, 0.3) is 0 Å². The smallest absolute Gasteiger partial charge is 0.395 e.